The normalized spacial score (nSPS) is 13.9. The van der Waals surface area contributed by atoms with E-state index < -0.39 is 0 Å². The Labute approximate surface area is 137 Å². The van der Waals surface area contributed by atoms with Crippen molar-refractivity contribution in [1.82, 2.24) is 14.9 Å². The number of amides is 1. The number of nitrogens with one attached hydrogen (secondary N) is 1. The van der Waals surface area contributed by atoms with Crippen molar-refractivity contribution in [3.05, 3.63) is 47.5 Å². The average Bonchev–Trinajstić information content (AvgIpc) is 2.91. The topological polar surface area (TPSA) is 46.9 Å². The van der Waals surface area contributed by atoms with Gasteiger partial charge < -0.3 is 5.32 Å². The summed E-state index contributed by atoms with van der Waals surface area (Å²) < 4.78 is 2.24. The molecule has 1 N–H and O–H groups in total. The van der Waals surface area contributed by atoms with Gasteiger partial charge in [0, 0.05) is 17.8 Å². The number of hydrogen-bond donors (Lipinski definition) is 1. The monoisotopic (exact) mass is 311 g/mol. The lowest BCUT2D eigenvalue weighted by Gasteiger charge is -2.15. The zero-order valence-corrected chi connectivity index (χ0v) is 14.0. The maximum absolute atomic E-state index is 12.0. The molecule has 4 nitrogen and oxygen atoms in total. The third kappa shape index (κ3) is 3.63. The van der Waals surface area contributed by atoms with Crippen LogP contribution in [0.3, 0.4) is 0 Å². The minimum Gasteiger partial charge on any atom is -0.349 e. The number of imidazole rings is 1. The van der Waals surface area contributed by atoms with Crippen molar-refractivity contribution in [2.24, 2.45) is 5.92 Å². The van der Waals surface area contributed by atoms with Gasteiger partial charge in [0.25, 0.3) is 0 Å². The number of carbonyl (C=O) groups is 1. The maximum Gasteiger partial charge on any atom is 0.220 e. The third-order valence-corrected chi connectivity index (χ3v) is 4.25. The van der Waals surface area contributed by atoms with Crippen molar-refractivity contribution in [3.63, 3.8) is 0 Å². The van der Waals surface area contributed by atoms with Gasteiger partial charge in [-0.3, -0.25) is 9.36 Å². The van der Waals surface area contributed by atoms with Crippen LogP contribution in [0.4, 0.5) is 0 Å². The largest absolute Gasteiger partial charge is 0.349 e. The van der Waals surface area contributed by atoms with E-state index in [0.29, 0.717) is 18.9 Å². The van der Waals surface area contributed by atoms with E-state index in [1.54, 1.807) is 0 Å². The predicted octanol–water partition coefficient (Wildman–Crippen LogP) is 3.41. The Hall–Kier alpha value is -2.10. The molecule has 0 bridgehead atoms. The molecule has 1 aliphatic carbocycles. The van der Waals surface area contributed by atoms with Gasteiger partial charge in [0.1, 0.15) is 5.82 Å². The van der Waals surface area contributed by atoms with E-state index in [-0.39, 0.29) is 5.91 Å². The molecule has 1 heterocycles. The summed E-state index contributed by atoms with van der Waals surface area (Å²) in [4.78, 5) is 16.8. The summed E-state index contributed by atoms with van der Waals surface area (Å²) in [5, 5.41) is 3.03. The first kappa shape index (κ1) is 15.8. The van der Waals surface area contributed by atoms with Gasteiger partial charge in [-0.05, 0) is 43.7 Å². The van der Waals surface area contributed by atoms with Crippen LogP contribution in [0.25, 0.3) is 5.69 Å². The Kier molecular flexibility index (Phi) is 4.79. The number of carbonyl (C=O) groups excluding carboxylic acids is 1. The van der Waals surface area contributed by atoms with Crippen LogP contribution in [0.15, 0.2) is 30.3 Å². The molecule has 0 radical (unpaired) electrons. The molecule has 0 aliphatic heterocycles. The molecule has 3 rings (SSSR count). The maximum atomic E-state index is 12.0. The number of nitrogens with zero attached hydrogens (tertiary/aromatic N) is 2. The first-order valence-electron chi connectivity index (χ1n) is 8.56. The molecular formula is C19H25N3O. The van der Waals surface area contributed by atoms with Gasteiger partial charge in [-0.1, -0.05) is 32.0 Å². The van der Waals surface area contributed by atoms with E-state index in [9.17, 15) is 4.79 Å². The molecule has 1 amide bonds. The van der Waals surface area contributed by atoms with Crippen LogP contribution in [-0.2, 0) is 24.2 Å². The minimum absolute atomic E-state index is 0.0978. The summed E-state index contributed by atoms with van der Waals surface area (Å²) in [6.45, 7) is 4.61. The number of aromatic nitrogens is 2. The summed E-state index contributed by atoms with van der Waals surface area (Å²) in [5.41, 5.74) is 3.65. The Morgan fingerprint density at radius 1 is 1.22 bits per heavy atom. The number of aryl methyl sites for hydroxylation is 1. The van der Waals surface area contributed by atoms with Crippen molar-refractivity contribution >= 4 is 5.91 Å². The van der Waals surface area contributed by atoms with E-state index in [0.717, 1.165) is 24.4 Å². The highest BCUT2D eigenvalue weighted by Crippen LogP contribution is 2.25. The second kappa shape index (κ2) is 6.99. The molecule has 1 aromatic carbocycles. The quantitative estimate of drug-likeness (QED) is 0.920. The highest BCUT2D eigenvalue weighted by Gasteiger charge is 2.21. The van der Waals surface area contributed by atoms with E-state index in [4.69, 9.17) is 4.98 Å². The standard InChI is InChI=1S/C19H25N3O/c1-14(2)12-19(23)20-13-18-21-16-10-6-7-11-17(16)22(18)15-8-4-3-5-9-15/h3-5,8-9,14H,6-7,10-13H2,1-2H3,(H,20,23). The van der Waals surface area contributed by atoms with E-state index in [2.05, 4.69) is 35.9 Å². The van der Waals surface area contributed by atoms with E-state index >= 15 is 0 Å². The molecule has 0 saturated heterocycles. The van der Waals surface area contributed by atoms with Gasteiger partial charge in [-0.2, -0.15) is 0 Å². The fourth-order valence-electron chi connectivity index (χ4n) is 3.22. The fourth-order valence-corrected chi connectivity index (χ4v) is 3.22. The predicted molar refractivity (Wildman–Crippen MR) is 91.5 cm³/mol. The molecular weight excluding hydrogens is 286 g/mol. The Morgan fingerprint density at radius 2 is 1.96 bits per heavy atom. The Morgan fingerprint density at radius 3 is 2.70 bits per heavy atom. The smallest absolute Gasteiger partial charge is 0.220 e. The zero-order valence-electron chi connectivity index (χ0n) is 14.0. The van der Waals surface area contributed by atoms with E-state index in [1.807, 2.05) is 18.2 Å². The molecule has 0 fully saturated rings. The summed E-state index contributed by atoms with van der Waals surface area (Å²) >= 11 is 0. The number of fused-ring (bicyclic) bond motifs is 1. The highest BCUT2D eigenvalue weighted by atomic mass is 16.1. The lowest BCUT2D eigenvalue weighted by atomic mass is 10.0. The fraction of sp³-hybridized carbons (Fsp3) is 0.474. The lowest BCUT2D eigenvalue weighted by molar-refractivity contribution is -0.122. The molecule has 0 atom stereocenters. The Balaban J connectivity index is 1.87. The van der Waals surface area contributed by atoms with Gasteiger partial charge >= 0.3 is 0 Å². The van der Waals surface area contributed by atoms with Crippen LogP contribution in [0.2, 0.25) is 0 Å². The lowest BCUT2D eigenvalue weighted by Crippen LogP contribution is -2.25. The third-order valence-electron chi connectivity index (χ3n) is 4.25. The molecule has 1 aliphatic rings. The second-order valence-corrected chi connectivity index (χ2v) is 6.67. The summed E-state index contributed by atoms with van der Waals surface area (Å²) in [6, 6.07) is 10.3. The van der Waals surface area contributed by atoms with Crippen LogP contribution in [0, 0.1) is 5.92 Å². The zero-order chi connectivity index (χ0) is 16.2. The number of rotatable bonds is 5. The summed E-state index contributed by atoms with van der Waals surface area (Å²) in [5.74, 6) is 1.41. The molecule has 122 valence electrons. The van der Waals surface area contributed by atoms with Gasteiger partial charge in [0.15, 0.2) is 0 Å². The number of hydrogen-bond acceptors (Lipinski definition) is 2. The van der Waals surface area contributed by atoms with Gasteiger partial charge in [0.2, 0.25) is 5.91 Å². The number of benzene rings is 1. The SMILES string of the molecule is CC(C)CC(=O)NCc1nc2c(n1-c1ccccc1)CCCC2. The van der Waals surface area contributed by atoms with Crippen LogP contribution in [0.1, 0.15) is 50.3 Å². The van der Waals surface area contributed by atoms with Gasteiger partial charge in [0.05, 0.1) is 12.2 Å². The van der Waals surface area contributed by atoms with Crippen molar-refractivity contribution in [3.8, 4) is 5.69 Å². The molecule has 0 saturated carbocycles. The van der Waals surface area contributed by atoms with Crippen molar-refractivity contribution in [2.45, 2.75) is 52.5 Å². The van der Waals surface area contributed by atoms with E-state index in [1.165, 1.54) is 24.2 Å². The molecule has 23 heavy (non-hydrogen) atoms. The first-order valence-corrected chi connectivity index (χ1v) is 8.56. The summed E-state index contributed by atoms with van der Waals surface area (Å²) in [7, 11) is 0. The first-order chi connectivity index (χ1) is 11.1. The second-order valence-electron chi connectivity index (χ2n) is 6.67. The molecule has 4 heteroatoms. The minimum atomic E-state index is 0.0978. The van der Waals surface area contributed by atoms with Crippen molar-refractivity contribution in [2.75, 3.05) is 0 Å². The molecule has 1 aromatic heterocycles. The molecule has 0 unspecified atom stereocenters. The highest BCUT2D eigenvalue weighted by molar-refractivity contribution is 5.75. The van der Waals surface area contributed by atoms with Gasteiger partial charge in [-0.15, -0.1) is 0 Å². The van der Waals surface area contributed by atoms with Crippen LogP contribution in [0.5, 0.6) is 0 Å². The van der Waals surface area contributed by atoms with Crippen LogP contribution < -0.4 is 5.32 Å². The van der Waals surface area contributed by atoms with Gasteiger partial charge in [-0.25, -0.2) is 4.98 Å². The summed E-state index contributed by atoms with van der Waals surface area (Å²) in [6.07, 6.45) is 5.09. The average molecular weight is 311 g/mol. The van der Waals surface area contributed by atoms with Crippen LogP contribution in [-0.4, -0.2) is 15.5 Å². The Bertz CT molecular complexity index is 673. The number of para-hydroxylation sites is 1. The molecule has 2 aromatic rings. The molecule has 0 spiro atoms. The van der Waals surface area contributed by atoms with Crippen LogP contribution >= 0.6 is 0 Å². The van der Waals surface area contributed by atoms with Crippen molar-refractivity contribution < 1.29 is 4.79 Å². The van der Waals surface area contributed by atoms with Crippen molar-refractivity contribution in [1.29, 1.82) is 0 Å².